The van der Waals surface area contributed by atoms with Gasteiger partial charge in [-0.05, 0) is 74.5 Å². The number of allylic oxidation sites excluding steroid dienone is 2. The van der Waals surface area contributed by atoms with Crippen LogP contribution in [0.3, 0.4) is 0 Å². The lowest BCUT2D eigenvalue weighted by Gasteiger charge is -2.29. The summed E-state index contributed by atoms with van der Waals surface area (Å²) < 4.78 is 35.0. The topological polar surface area (TPSA) is 9.23 Å². The van der Waals surface area contributed by atoms with E-state index in [-0.39, 0.29) is 0 Å². The van der Waals surface area contributed by atoms with E-state index < -0.39 is 11.6 Å². The first-order valence-electron chi connectivity index (χ1n) is 10.9. The van der Waals surface area contributed by atoms with Gasteiger partial charge in [-0.15, -0.1) is 0 Å². The molecule has 1 aliphatic rings. The Bertz CT molecular complexity index is 802. The van der Waals surface area contributed by atoms with Crippen molar-refractivity contribution in [1.29, 1.82) is 0 Å². The summed E-state index contributed by atoms with van der Waals surface area (Å²) in [7, 11) is 0. The summed E-state index contributed by atoms with van der Waals surface area (Å²) in [5.41, 5.74) is 2.78. The molecule has 0 aromatic heterocycles. The van der Waals surface area contributed by atoms with Gasteiger partial charge < -0.3 is 4.74 Å². The van der Waals surface area contributed by atoms with Crippen molar-refractivity contribution < 1.29 is 13.5 Å². The van der Waals surface area contributed by atoms with Crippen LogP contribution in [0.2, 0.25) is 0 Å². The molecule has 0 heterocycles. The summed E-state index contributed by atoms with van der Waals surface area (Å²) in [6, 6.07) is 11.4. The summed E-state index contributed by atoms with van der Waals surface area (Å²) >= 11 is 0. The highest BCUT2D eigenvalue weighted by molar-refractivity contribution is 5.65. The van der Waals surface area contributed by atoms with Crippen LogP contribution in [0, 0.1) is 11.6 Å². The van der Waals surface area contributed by atoms with E-state index in [0.29, 0.717) is 36.0 Å². The largest absolute Gasteiger partial charge is 0.378 e. The Labute approximate surface area is 173 Å². The number of ether oxygens (including phenoxy) is 1. The van der Waals surface area contributed by atoms with Gasteiger partial charge in [-0.1, -0.05) is 55.5 Å². The van der Waals surface area contributed by atoms with Crippen LogP contribution in [0.25, 0.3) is 11.1 Å². The van der Waals surface area contributed by atoms with Crippen molar-refractivity contribution in [3.05, 3.63) is 71.3 Å². The molecule has 0 N–H and O–H groups in total. The molecule has 1 aliphatic carbocycles. The molecule has 29 heavy (non-hydrogen) atoms. The molecule has 0 spiro atoms. The average Bonchev–Trinajstić information content (AvgIpc) is 2.76. The lowest BCUT2D eigenvalue weighted by atomic mass is 9.82. The van der Waals surface area contributed by atoms with E-state index in [1.807, 2.05) is 31.2 Å². The molecule has 3 rings (SSSR count). The van der Waals surface area contributed by atoms with Gasteiger partial charge in [0.05, 0.1) is 6.10 Å². The van der Waals surface area contributed by atoms with Gasteiger partial charge in [0.1, 0.15) is 0 Å². The van der Waals surface area contributed by atoms with Crippen molar-refractivity contribution in [2.45, 2.75) is 70.8 Å². The van der Waals surface area contributed by atoms with Gasteiger partial charge in [-0.2, -0.15) is 0 Å². The first kappa shape index (κ1) is 21.7. The molecule has 2 aromatic rings. The second-order valence-corrected chi connectivity index (χ2v) is 7.97. The fraction of sp³-hybridized carbons (Fsp3) is 0.462. The van der Waals surface area contributed by atoms with Crippen molar-refractivity contribution in [3.8, 4) is 11.1 Å². The second kappa shape index (κ2) is 10.7. The zero-order chi connectivity index (χ0) is 20.6. The monoisotopic (exact) mass is 398 g/mol. The van der Waals surface area contributed by atoms with E-state index in [4.69, 9.17) is 4.74 Å². The Balaban J connectivity index is 1.67. The zero-order valence-corrected chi connectivity index (χ0v) is 17.6. The van der Waals surface area contributed by atoms with Crippen LogP contribution in [0.5, 0.6) is 0 Å². The Kier molecular flexibility index (Phi) is 8.00. The molecule has 1 fully saturated rings. The minimum Gasteiger partial charge on any atom is -0.378 e. The Morgan fingerprint density at radius 1 is 0.966 bits per heavy atom. The molecule has 1 nitrogen and oxygen atoms in total. The van der Waals surface area contributed by atoms with Crippen molar-refractivity contribution in [2.75, 3.05) is 6.61 Å². The van der Waals surface area contributed by atoms with E-state index >= 15 is 0 Å². The molecule has 3 heteroatoms. The first-order valence-corrected chi connectivity index (χ1v) is 10.9. The lowest BCUT2D eigenvalue weighted by molar-refractivity contribution is 0.0251. The van der Waals surface area contributed by atoms with Gasteiger partial charge in [0.25, 0.3) is 0 Å². The van der Waals surface area contributed by atoms with Gasteiger partial charge in [-0.3, -0.25) is 0 Å². The predicted molar refractivity (Wildman–Crippen MR) is 116 cm³/mol. The molecule has 2 aromatic carbocycles. The van der Waals surface area contributed by atoms with Crippen LogP contribution in [0.15, 0.2) is 48.6 Å². The number of aryl methyl sites for hydroxylation is 1. The summed E-state index contributed by atoms with van der Waals surface area (Å²) in [5, 5.41) is 0. The second-order valence-electron chi connectivity index (χ2n) is 7.97. The maximum Gasteiger partial charge on any atom is 0.166 e. The van der Waals surface area contributed by atoms with Crippen LogP contribution in [0.4, 0.5) is 8.78 Å². The molecule has 0 bridgehead atoms. The molecule has 0 aliphatic heterocycles. The SMILES string of the molecule is C/C=C/CCc1ccc(-c2ccc(C3CCC(OCCC)CC3)cc2)c(F)c1F. The van der Waals surface area contributed by atoms with Crippen molar-refractivity contribution in [1.82, 2.24) is 0 Å². The Hall–Kier alpha value is -2.00. The third-order valence-corrected chi connectivity index (χ3v) is 5.90. The average molecular weight is 399 g/mol. The third kappa shape index (κ3) is 5.54. The molecular formula is C26H32F2O. The van der Waals surface area contributed by atoms with Crippen LogP contribution in [-0.4, -0.2) is 12.7 Å². The molecule has 0 amide bonds. The molecular weight excluding hydrogens is 366 g/mol. The van der Waals surface area contributed by atoms with Gasteiger partial charge in [0.2, 0.25) is 0 Å². The van der Waals surface area contributed by atoms with E-state index in [0.717, 1.165) is 44.3 Å². The third-order valence-electron chi connectivity index (χ3n) is 5.90. The number of rotatable bonds is 8. The number of halogens is 2. The van der Waals surface area contributed by atoms with Crippen LogP contribution in [-0.2, 0) is 11.2 Å². The summed E-state index contributed by atoms with van der Waals surface area (Å²) in [6.45, 7) is 4.91. The highest BCUT2D eigenvalue weighted by Crippen LogP contribution is 2.35. The lowest BCUT2D eigenvalue weighted by Crippen LogP contribution is -2.21. The minimum absolute atomic E-state index is 0.334. The van der Waals surface area contributed by atoms with Gasteiger partial charge in [0.15, 0.2) is 11.6 Å². The Morgan fingerprint density at radius 3 is 2.34 bits per heavy atom. The van der Waals surface area contributed by atoms with Crippen molar-refractivity contribution in [3.63, 3.8) is 0 Å². The number of benzene rings is 2. The molecule has 156 valence electrons. The molecule has 0 saturated heterocycles. The fourth-order valence-corrected chi connectivity index (χ4v) is 4.19. The summed E-state index contributed by atoms with van der Waals surface area (Å²) in [4.78, 5) is 0. The van der Waals surface area contributed by atoms with E-state index in [1.165, 1.54) is 5.56 Å². The standard InChI is InChI=1S/C26H32F2O/c1-3-5-6-7-22-14-17-24(26(28)25(22)27)21-10-8-19(9-11-21)20-12-15-23(16-13-20)29-18-4-2/h3,5,8-11,14,17,20,23H,4,6-7,12-13,15-16,18H2,1-2H3/b5-3+. The number of hydrogen-bond acceptors (Lipinski definition) is 1. The molecule has 1 saturated carbocycles. The molecule has 0 radical (unpaired) electrons. The van der Waals surface area contributed by atoms with Gasteiger partial charge in [0, 0.05) is 12.2 Å². The van der Waals surface area contributed by atoms with E-state index in [2.05, 4.69) is 19.1 Å². The van der Waals surface area contributed by atoms with Gasteiger partial charge in [-0.25, -0.2) is 8.78 Å². The summed E-state index contributed by atoms with van der Waals surface area (Å²) in [6.07, 6.45) is 11.0. The predicted octanol–water partition coefficient (Wildman–Crippen LogP) is 7.59. The molecule has 0 atom stereocenters. The van der Waals surface area contributed by atoms with Crippen molar-refractivity contribution in [2.24, 2.45) is 0 Å². The fourth-order valence-electron chi connectivity index (χ4n) is 4.19. The molecule has 0 unspecified atom stereocenters. The summed E-state index contributed by atoms with van der Waals surface area (Å²) in [5.74, 6) is -0.938. The number of hydrogen-bond donors (Lipinski definition) is 0. The van der Waals surface area contributed by atoms with Crippen LogP contribution in [0.1, 0.15) is 69.4 Å². The smallest absolute Gasteiger partial charge is 0.166 e. The van der Waals surface area contributed by atoms with Gasteiger partial charge >= 0.3 is 0 Å². The maximum atomic E-state index is 14.7. The van der Waals surface area contributed by atoms with Crippen LogP contribution < -0.4 is 0 Å². The normalized spacial score (nSPS) is 19.7. The Morgan fingerprint density at radius 2 is 1.69 bits per heavy atom. The first-order chi connectivity index (χ1) is 14.1. The van der Waals surface area contributed by atoms with E-state index in [1.54, 1.807) is 12.1 Å². The highest BCUT2D eigenvalue weighted by atomic mass is 19.2. The zero-order valence-electron chi connectivity index (χ0n) is 17.6. The van der Waals surface area contributed by atoms with Crippen LogP contribution >= 0.6 is 0 Å². The van der Waals surface area contributed by atoms with Crippen molar-refractivity contribution >= 4 is 0 Å². The maximum absolute atomic E-state index is 14.7. The quantitative estimate of drug-likeness (QED) is 0.416. The van der Waals surface area contributed by atoms with E-state index in [9.17, 15) is 8.78 Å². The highest BCUT2D eigenvalue weighted by Gasteiger charge is 2.23. The minimum atomic E-state index is -0.746.